The van der Waals surface area contributed by atoms with Crippen molar-refractivity contribution in [2.75, 3.05) is 13.2 Å². The topological polar surface area (TPSA) is 64.4 Å². The van der Waals surface area contributed by atoms with E-state index in [2.05, 4.69) is 15.0 Å². The number of nitrogens with one attached hydrogen (secondary N) is 1. The molecule has 0 saturated carbocycles. The van der Waals surface area contributed by atoms with Gasteiger partial charge in [0.2, 0.25) is 5.89 Å². The number of hydrogen-bond acceptors (Lipinski definition) is 5. The average molecular weight is 348 g/mol. The van der Waals surface area contributed by atoms with Crippen LogP contribution in [0.1, 0.15) is 23.2 Å². The monoisotopic (exact) mass is 348 g/mol. The molecular formula is C14H15F3N2O3S. The van der Waals surface area contributed by atoms with Crippen LogP contribution in [0.25, 0.3) is 10.8 Å². The minimum atomic E-state index is -4.39. The molecule has 2 aromatic rings. The summed E-state index contributed by atoms with van der Waals surface area (Å²) in [4.78, 5) is 17.0. The molecule has 0 fully saturated rings. The van der Waals surface area contributed by atoms with E-state index < -0.39 is 24.7 Å². The number of alkyl halides is 3. The van der Waals surface area contributed by atoms with E-state index in [9.17, 15) is 18.0 Å². The molecule has 0 saturated heterocycles. The second-order valence-corrected chi connectivity index (χ2v) is 5.85. The van der Waals surface area contributed by atoms with Crippen molar-refractivity contribution >= 4 is 17.2 Å². The third-order valence-corrected chi connectivity index (χ3v) is 3.61. The van der Waals surface area contributed by atoms with E-state index in [1.807, 2.05) is 17.5 Å². The summed E-state index contributed by atoms with van der Waals surface area (Å²) < 4.78 is 45.9. The molecule has 1 atom stereocenters. The Balaban J connectivity index is 1.93. The van der Waals surface area contributed by atoms with E-state index in [0.29, 0.717) is 11.7 Å². The first-order valence-electron chi connectivity index (χ1n) is 6.73. The molecule has 2 rings (SSSR count). The number of oxazole rings is 1. The lowest BCUT2D eigenvalue weighted by Gasteiger charge is -2.14. The Bertz CT molecular complexity index is 653. The van der Waals surface area contributed by atoms with E-state index in [0.717, 1.165) is 4.88 Å². The largest absolute Gasteiger partial charge is 0.440 e. The number of thiophene rings is 1. The van der Waals surface area contributed by atoms with Crippen LogP contribution in [-0.2, 0) is 4.74 Å². The summed E-state index contributed by atoms with van der Waals surface area (Å²) in [5.41, 5.74) is 0.107. The molecule has 0 bridgehead atoms. The lowest BCUT2D eigenvalue weighted by Crippen LogP contribution is -2.37. The van der Waals surface area contributed by atoms with Crippen LogP contribution in [0, 0.1) is 6.92 Å². The summed E-state index contributed by atoms with van der Waals surface area (Å²) in [7, 11) is 0. The fourth-order valence-corrected chi connectivity index (χ4v) is 2.45. The maximum Gasteiger partial charge on any atom is 0.411 e. The van der Waals surface area contributed by atoms with Crippen LogP contribution in [0.3, 0.4) is 0 Å². The number of aryl methyl sites for hydroxylation is 1. The van der Waals surface area contributed by atoms with Crippen molar-refractivity contribution in [1.82, 2.24) is 10.3 Å². The third-order valence-electron chi connectivity index (χ3n) is 2.75. The first kappa shape index (κ1) is 17.5. The number of rotatable bonds is 6. The van der Waals surface area contributed by atoms with E-state index in [-0.39, 0.29) is 12.3 Å². The molecule has 0 aliphatic heterocycles. The Morgan fingerprint density at radius 3 is 2.87 bits per heavy atom. The molecule has 1 unspecified atom stereocenters. The summed E-state index contributed by atoms with van der Waals surface area (Å²) in [6.07, 6.45) is -4.39. The zero-order valence-corrected chi connectivity index (χ0v) is 13.3. The molecular weight excluding hydrogens is 333 g/mol. The van der Waals surface area contributed by atoms with Crippen LogP contribution in [0.15, 0.2) is 21.9 Å². The van der Waals surface area contributed by atoms with Crippen LogP contribution in [0.4, 0.5) is 13.2 Å². The molecule has 23 heavy (non-hydrogen) atoms. The van der Waals surface area contributed by atoms with Gasteiger partial charge in [-0.05, 0) is 25.3 Å². The highest BCUT2D eigenvalue weighted by molar-refractivity contribution is 7.13. The zero-order valence-electron chi connectivity index (χ0n) is 12.4. The molecule has 0 aliphatic rings. The second-order valence-electron chi connectivity index (χ2n) is 4.91. The van der Waals surface area contributed by atoms with E-state index in [1.165, 1.54) is 11.3 Å². The summed E-state index contributed by atoms with van der Waals surface area (Å²) in [6, 6.07) is 3.05. The molecule has 126 valence electrons. The summed E-state index contributed by atoms with van der Waals surface area (Å²) in [5, 5.41) is 4.39. The highest BCUT2D eigenvalue weighted by Crippen LogP contribution is 2.25. The zero-order chi connectivity index (χ0) is 17.0. The van der Waals surface area contributed by atoms with Gasteiger partial charge in [0.15, 0.2) is 5.69 Å². The van der Waals surface area contributed by atoms with Crippen LogP contribution in [0.5, 0.6) is 0 Å². The Kier molecular flexibility index (Phi) is 5.42. The predicted octanol–water partition coefficient (Wildman–Crippen LogP) is 3.41. The Labute approximate surface area is 134 Å². The number of hydrogen-bond donors (Lipinski definition) is 1. The van der Waals surface area contributed by atoms with Gasteiger partial charge in [0.25, 0.3) is 5.91 Å². The van der Waals surface area contributed by atoms with E-state index in [1.54, 1.807) is 13.8 Å². The minimum Gasteiger partial charge on any atom is -0.440 e. The van der Waals surface area contributed by atoms with Crippen molar-refractivity contribution in [3.05, 3.63) is 29.0 Å². The normalized spacial score (nSPS) is 13.1. The highest BCUT2D eigenvalue weighted by Gasteiger charge is 2.28. The summed E-state index contributed by atoms with van der Waals surface area (Å²) >= 11 is 1.42. The number of carbonyl (C=O) groups is 1. The number of halogens is 3. The van der Waals surface area contributed by atoms with Gasteiger partial charge < -0.3 is 14.5 Å². The van der Waals surface area contributed by atoms with Gasteiger partial charge in [0.05, 0.1) is 11.5 Å². The van der Waals surface area contributed by atoms with Gasteiger partial charge in [-0.2, -0.15) is 13.2 Å². The SMILES string of the molecule is Cc1oc(-c2cccs2)nc1C(=O)NC(C)COCC(F)(F)F. The maximum atomic E-state index is 12.1. The average Bonchev–Trinajstić information content (AvgIpc) is 3.05. The molecule has 0 aromatic carbocycles. The quantitative estimate of drug-likeness (QED) is 0.869. The lowest BCUT2D eigenvalue weighted by atomic mass is 10.3. The van der Waals surface area contributed by atoms with Gasteiger partial charge >= 0.3 is 6.18 Å². The van der Waals surface area contributed by atoms with Crippen LogP contribution >= 0.6 is 11.3 Å². The number of ether oxygens (including phenoxy) is 1. The van der Waals surface area contributed by atoms with Crippen molar-refractivity contribution in [2.24, 2.45) is 0 Å². The van der Waals surface area contributed by atoms with Crippen molar-refractivity contribution in [3.8, 4) is 10.8 Å². The number of aromatic nitrogens is 1. The van der Waals surface area contributed by atoms with Crippen molar-refractivity contribution in [1.29, 1.82) is 0 Å². The third kappa shape index (κ3) is 5.07. The smallest absolute Gasteiger partial charge is 0.411 e. The van der Waals surface area contributed by atoms with Crippen molar-refractivity contribution in [3.63, 3.8) is 0 Å². The van der Waals surface area contributed by atoms with Gasteiger partial charge in [-0.1, -0.05) is 6.07 Å². The van der Waals surface area contributed by atoms with Gasteiger partial charge in [-0.15, -0.1) is 11.3 Å². The number of amides is 1. The molecule has 0 radical (unpaired) electrons. The Morgan fingerprint density at radius 2 is 2.26 bits per heavy atom. The van der Waals surface area contributed by atoms with E-state index in [4.69, 9.17) is 4.42 Å². The first-order chi connectivity index (χ1) is 10.8. The Hall–Kier alpha value is -1.87. The Morgan fingerprint density at radius 1 is 1.52 bits per heavy atom. The molecule has 1 N–H and O–H groups in total. The van der Waals surface area contributed by atoms with Crippen LogP contribution in [0.2, 0.25) is 0 Å². The molecule has 0 aliphatic carbocycles. The van der Waals surface area contributed by atoms with Gasteiger partial charge in [-0.3, -0.25) is 4.79 Å². The molecule has 0 spiro atoms. The molecule has 2 aromatic heterocycles. The van der Waals surface area contributed by atoms with E-state index >= 15 is 0 Å². The van der Waals surface area contributed by atoms with Crippen molar-refractivity contribution < 1.29 is 27.1 Å². The predicted molar refractivity (Wildman–Crippen MR) is 78.4 cm³/mol. The van der Waals surface area contributed by atoms with Gasteiger partial charge in [0, 0.05) is 6.04 Å². The summed E-state index contributed by atoms with van der Waals surface area (Å²) in [6.45, 7) is 1.55. The second kappa shape index (κ2) is 7.14. The number of nitrogens with zero attached hydrogens (tertiary/aromatic N) is 1. The molecule has 1 amide bonds. The molecule has 2 heterocycles. The standard InChI is InChI=1S/C14H15F3N2O3S/c1-8(6-21-7-14(15,16)17)18-12(20)11-9(2)22-13(19-11)10-4-3-5-23-10/h3-5,8H,6-7H2,1-2H3,(H,18,20). The highest BCUT2D eigenvalue weighted by atomic mass is 32.1. The fraction of sp³-hybridized carbons (Fsp3) is 0.429. The fourth-order valence-electron chi connectivity index (χ4n) is 1.80. The number of carbonyl (C=O) groups excluding carboxylic acids is 1. The molecule has 5 nitrogen and oxygen atoms in total. The summed E-state index contributed by atoms with van der Waals surface area (Å²) in [5.74, 6) is 0.162. The van der Waals surface area contributed by atoms with Gasteiger partial charge in [-0.25, -0.2) is 4.98 Å². The van der Waals surface area contributed by atoms with Crippen molar-refractivity contribution in [2.45, 2.75) is 26.1 Å². The lowest BCUT2D eigenvalue weighted by molar-refractivity contribution is -0.174. The van der Waals surface area contributed by atoms with Crippen LogP contribution < -0.4 is 5.32 Å². The maximum absolute atomic E-state index is 12.1. The minimum absolute atomic E-state index is 0.107. The molecule has 9 heteroatoms. The first-order valence-corrected chi connectivity index (χ1v) is 7.61. The van der Waals surface area contributed by atoms with Crippen LogP contribution in [-0.4, -0.2) is 36.3 Å². The van der Waals surface area contributed by atoms with Gasteiger partial charge in [0.1, 0.15) is 12.4 Å².